The second-order valence-corrected chi connectivity index (χ2v) is 8.00. The Hall–Kier alpha value is -3.76. The number of aromatic nitrogens is 2. The first-order valence-electron chi connectivity index (χ1n) is 10.6. The van der Waals surface area contributed by atoms with Crippen LogP contribution in [0.4, 0.5) is 23.1 Å². The minimum atomic E-state index is -1.06. The van der Waals surface area contributed by atoms with Crippen LogP contribution < -0.4 is 21.1 Å². The smallest absolute Gasteiger partial charge is 0.271 e. The normalized spacial score (nSPS) is 20.3. The average Bonchev–Trinajstić information content (AvgIpc) is 2.78. The van der Waals surface area contributed by atoms with Gasteiger partial charge in [-0.1, -0.05) is 13.0 Å². The standard InChI is InChI=1S/C21H24N6O5/c1-2-13-7-3-4-9-26(13)21-24-18-17(20(30)25-21)15(11-16(28)23-18)19(29)22-12-6-5-8-14(10-12)27(31)32/h5-6,8,10,13,15H,2-4,7,9,11H2,1H3,(H,22,29)(H2,23,24,25,28,30). The molecule has 2 unspecified atom stereocenters. The van der Waals surface area contributed by atoms with Gasteiger partial charge in [0.1, 0.15) is 5.82 Å². The van der Waals surface area contributed by atoms with Gasteiger partial charge in [-0.3, -0.25) is 29.5 Å². The lowest BCUT2D eigenvalue weighted by atomic mass is 9.92. The summed E-state index contributed by atoms with van der Waals surface area (Å²) in [4.78, 5) is 58.0. The third-order valence-electron chi connectivity index (χ3n) is 5.95. The third kappa shape index (κ3) is 4.18. The number of amides is 2. The van der Waals surface area contributed by atoms with Crippen molar-refractivity contribution in [3.8, 4) is 0 Å². The van der Waals surface area contributed by atoms with Gasteiger partial charge in [0.25, 0.3) is 11.2 Å². The molecule has 2 aliphatic rings. The van der Waals surface area contributed by atoms with Crippen molar-refractivity contribution in [2.45, 2.75) is 51.0 Å². The van der Waals surface area contributed by atoms with Gasteiger partial charge >= 0.3 is 0 Å². The van der Waals surface area contributed by atoms with Crippen molar-refractivity contribution < 1.29 is 14.5 Å². The minimum absolute atomic E-state index is 0.0830. The number of carbonyl (C=O) groups is 2. The summed E-state index contributed by atoms with van der Waals surface area (Å²) >= 11 is 0. The zero-order valence-electron chi connectivity index (χ0n) is 17.6. The van der Waals surface area contributed by atoms with Gasteiger partial charge in [-0.05, 0) is 31.7 Å². The Bertz CT molecular complexity index is 1130. The molecule has 1 aromatic heterocycles. The SMILES string of the molecule is CCC1CCCCN1c1nc2c(c(=O)[nH]1)C(C(=O)Nc1cccc([N+](=O)[O-])c1)CC(=O)N2. The van der Waals surface area contributed by atoms with Crippen molar-refractivity contribution in [1.29, 1.82) is 0 Å². The van der Waals surface area contributed by atoms with E-state index in [1.165, 1.54) is 24.3 Å². The first kappa shape index (κ1) is 21.5. The summed E-state index contributed by atoms with van der Waals surface area (Å²) in [5, 5.41) is 16.2. The second-order valence-electron chi connectivity index (χ2n) is 8.00. The second kappa shape index (κ2) is 8.77. The summed E-state index contributed by atoms with van der Waals surface area (Å²) < 4.78 is 0. The van der Waals surface area contributed by atoms with Crippen molar-refractivity contribution in [2.24, 2.45) is 0 Å². The van der Waals surface area contributed by atoms with E-state index in [-0.39, 0.29) is 35.2 Å². The van der Waals surface area contributed by atoms with Crippen LogP contribution in [0.3, 0.4) is 0 Å². The number of nitro benzene ring substituents is 1. The van der Waals surface area contributed by atoms with E-state index in [0.717, 1.165) is 32.2 Å². The number of non-ortho nitro benzene ring substituents is 1. The Labute approximate surface area is 183 Å². The molecule has 3 heterocycles. The van der Waals surface area contributed by atoms with Gasteiger partial charge in [0, 0.05) is 36.8 Å². The summed E-state index contributed by atoms with van der Waals surface area (Å²) in [5.41, 5.74) is -0.372. The maximum Gasteiger partial charge on any atom is 0.271 e. The number of fused-ring (bicyclic) bond motifs is 1. The minimum Gasteiger partial charge on any atom is -0.339 e. The molecule has 0 saturated carbocycles. The summed E-state index contributed by atoms with van der Waals surface area (Å²) in [7, 11) is 0. The quantitative estimate of drug-likeness (QED) is 0.477. The molecule has 0 aliphatic carbocycles. The molecule has 1 fully saturated rings. The number of nitro groups is 1. The van der Waals surface area contributed by atoms with Crippen LogP contribution in [0.5, 0.6) is 0 Å². The van der Waals surface area contributed by atoms with Crippen LogP contribution >= 0.6 is 0 Å². The highest BCUT2D eigenvalue weighted by Crippen LogP contribution is 2.32. The fourth-order valence-electron chi connectivity index (χ4n) is 4.35. The highest BCUT2D eigenvalue weighted by Gasteiger charge is 2.36. The first-order chi connectivity index (χ1) is 15.4. The largest absolute Gasteiger partial charge is 0.339 e. The number of carbonyl (C=O) groups excluding carboxylic acids is 2. The number of nitrogens with zero attached hydrogens (tertiary/aromatic N) is 3. The zero-order chi connectivity index (χ0) is 22.8. The third-order valence-corrected chi connectivity index (χ3v) is 5.95. The zero-order valence-corrected chi connectivity index (χ0v) is 17.6. The average molecular weight is 440 g/mol. The first-order valence-corrected chi connectivity index (χ1v) is 10.6. The Balaban J connectivity index is 1.65. The Morgan fingerprint density at radius 3 is 2.91 bits per heavy atom. The molecular formula is C21H24N6O5. The molecule has 11 nitrogen and oxygen atoms in total. The van der Waals surface area contributed by atoms with Crippen LogP contribution in [-0.4, -0.2) is 39.3 Å². The summed E-state index contributed by atoms with van der Waals surface area (Å²) in [5.74, 6) is -1.62. The van der Waals surface area contributed by atoms with Gasteiger partial charge < -0.3 is 15.5 Å². The van der Waals surface area contributed by atoms with Crippen LogP contribution in [0.15, 0.2) is 29.1 Å². The van der Waals surface area contributed by atoms with E-state index < -0.39 is 28.2 Å². The van der Waals surface area contributed by atoms with E-state index in [2.05, 4.69) is 27.5 Å². The number of nitrogens with one attached hydrogen (secondary N) is 3. The molecule has 0 spiro atoms. The van der Waals surface area contributed by atoms with E-state index in [1.807, 2.05) is 4.90 Å². The summed E-state index contributed by atoms with van der Waals surface area (Å²) in [6.07, 6.45) is 3.77. The van der Waals surface area contributed by atoms with Crippen LogP contribution in [0.25, 0.3) is 0 Å². The maximum absolute atomic E-state index is 13.0. The Morgan fingerprint density at radius 2 is 2.16 bits per heavy atom. The molecule has 0 bridgehead atoms. The molecule has 11 heteroatoms. The van der Waals surface area contributed by atoms with E-state index in [4.69, 9.17) is 0 Å². The fraction of sp³-hybridized carbons (Fsp3) is 0.429. The van der Waals surface area contributed by atoms with E-state index in [1.54, 1.807) is 0 Å². The highest BCUT2D eigenvalue weighted by atomic mass is 16.6. The van der Waals surface area contributed by atoms with Gasteiger partial charge in [0.2, 0.25) is 17.8 Å². The highest BCUT2D eigenvalue weighted by molar-refractivity contribution is 6.04. The van der Waals surface area contributed by atoms with Crippen LogP contribution in [0.1, 0.15) is 50.5 Å². The number of rotatable bonds is 5. The molecule has 32 heavy (non-hydrogen) atoms. The molecule has 2 aromatic rings. The maximum atomic E-state index is 13.0. The lowest BCUT2D eigenvalue weighted by molar-refractivity contribution is -0.384. The molecule has 3 N–H and O–H groups in total. The molecule has 2 amide bonds. The van der Waals surface area contributed by atoms with Crippen LogP contribution in [0, 0.1) is 10.1 Å². The number of piperidine rings is 1. The van der Waals surface area contributed by atoms with E-state index >= 15 is 0 Å². The monoisotopic (exact) mass is 440 g/mol. The van der Waals surface area contributed by atoms with Crippen molar-refractivity contribution in [3.63, 3.8) is 0 Å². The Morgan fingerprint density at radius 1 is 1.34 bits per heavy atom. The Kier molecular flexibility index (Phi) is 5.89. The van der Waals surface area contributed by atoms with Crippen molar-refractivity contribution in [1.82, 2.24) is 9.97 Å². The predicted molar refractivity (Wildman–Crippen MR) is 118 cm³/mol. The molecular weight excluding hydrogens is 416 g/mol. The van der Waals surface area contributed by atoms with Crippen LogP contribution in [0.2, 0.25) is 0 Å². The predicted octanol–water partition coefficient (Wildman–Crippen LogP) is 2.51. The van der Waals surface area contributed by atoms with Crippen molar-refractivity contribution in [3.05, 3.63) is 50.3 Å². The van der Waals surface area contributed by atoms with Crippen molar-refractivity contribution in [2.75, 3.05) is 22.1 Å². The molecule has 1 aromatic carbocycles. The molecule has 0 radical (unpaired) electrons. The number of anilines is 3. The molecule has 4 rings (SSSR count). The van der Waals surface area contributed by atoms with Crippen molar-refractivity contribution >= 4 is 35.0 Å². The van der Waals surface area contributed by atoms with Gasteiger partial charge in [0.05, 0.1) is 16.4 Å². The van der Waals surface area contributed by atoms with Gasteiger partial charge in [-0.15, -0.1) is 0 Å². The molecule has 2 aliphatic heterocycles. The topological polar surface area (TPSA) is 150 Å². The summed E-state index contributed by atoms with van der Waals surface area (Å²) in [6.45, 7) is 2.83. The molecule has 2 atom stereocenters. The van der Waals surface area contributed by atoms with Gasteiger partial charge in [-0.25, -0.2) is 0 Å². The molecule has 168 valence electrons. The number of benzene rings is 1. The number of hydrogen-bond acceptors (Lipinski definition) is 7. The number of hydrogen-bond donors (Lipinski definition) is 3. The van der Waals surface area contributed by atoms with Crippen LogP contribution in [-0.2, 0) is 9.59 Å². The summed E-state index contributed by atoms with van der Waals surface area (Å²) in [6, 6.07) is 5.71. The number of H-pyrrole nitrogens is 1. The van der Waals surface area contributed by atoms with Gasteiger partial charge in [0.15, 0.2) is 0 Å². The number of aromatic amines is 1. The lowest BCUT2D eigenvalue weighted by Crippen LogP contribution is -2.43. The van der Waals surface area contributed by atoms with Gasteiger partial charge in [-0.2, -0.15) is 4.98 Å². The lowest BCUT2D eigenvalue weighted by Gasteiger charge is -2.36. The van der Waals surface area contributed by atoms with E-state index in [9.17, 15) is 24.5 Å². The fourth-order valence-corrected chi connectivity index (χ4v) is 4.35. The molecule has 1 saturated heterocycles. The van der Waals surface area contributed by atoms with E-state index in [0.29, 0.717) is 5.95 Å².